The van der Waals surface area contributed by atoms with Gasteiger partial charge in [0, 0.05) is 0 Å². The number of hydrogen-bond donors (Lipinski definition) is 1. The van der Waals surface area contributed by atoms with Crippen LogP contribution in [0.5, 0.6) is 0 Å². The summed E-state index contributed by atoms with van der Waals surface area (Å²) in [5.74, 6) is -0.645. The third-order valence-electron chi connectivity index (χ3n) is 5.37. The second-order valence-electron chi connectivity index (χ2n) is 7.64. The van der Waals surface area contributed by atoms with E-state index in [-0.39, 0.29) is 17.1 Å². The van der Waals surface area contributed by atoms with Crippen molar-refractivity contribution in [2.24, 2.45) is 0 Å². The van der Waals surface area contributed by atoms with Crippen LogP contribution in [0.25, 0.3) is 11.0 Å². The molecule has 0 saturated carbocycles. The molecule has 2 aromatic carbocycles. The Morgan fingerprint density at radius 2 is 1.80 bits per heavy atom. The SMILES string of the molecule is COC(=O)c1ccc([C@H]2c3c(oc4ccccc4c3=O)C(=O)N2CC[NH+](C)C)cc1. The quantitative estimate of drug-likeness (QED) is 0.645. The van der Waals surface area contributed by atoms with Crippen LogP contribution in [-0.4, -0.2) is 51.1 Å². The van der Waals surface area contributed by atoms with Crippen LogP contribution >= 0.6 is 0 Å². The Morgan fingerprint density at radius 1 is 1.10 bits per heavy atom. The van der Waals surface area contributed by atoms with Crippen LogP contribution in [0.1, 0.15) is 38.1 Å². The number of nitrogens with zero attached hydrogens (tertiary/aromatic N) is 1. The number of fused-ring (bicyclic) bond motifs is 2. The molecular weight excluding hydrogens is 384 g/mol. The van der Waals surface area contributed by atoms with Crippen molar-refractivity contribution < 1.29 is 23.6 Å². The molecule has 0 radical (unpaired) electrons. The van der Waals surface area contributed by atoms with Crippen LogP contribution in [-0.2, 0) is 4.74 Å². The maximum atomic E-state index is 13.3. The fourth-order valence-electron chi connectivity index (χ4n) is 3.81. The molecule has 0 bridgehead atoms. The van der Waals surface area contributed by atoms with Crippen molar-refractivity contribution in [1.29, 1.82) is 0 Å². The number of hydrogen-bond acceptors (Lipinski definition) is 5. The van der Waals surface area contributed by atoms with E-state index in [2.05, 4.69) is 0 Å². The minimum absolute atomic E-state index is 0.0921. The lowest BCUT2D eigenvalue weighted by Gasteiger charge is -2.25. The van der Waals surface area contributed by atoms with E-state index in [0.717, 1.165) is 5.56 Å². The number of benzene rings is 2. The van der Waals surface area contributed by atoms with Crippen LogP contribution in [0.3, 0.4) is 0 Å². The summed E-state index contributed by atoms with van der Waals surface area (Å²) >= 11 is 0. The predicted octanol–water partition coefficient (Wildman–Crippen LogP) is 1.27. The maximum Gasteiger partial charge on any atom is 0.337 e. The van der Waals surface area contributed by atoms with E-state index in [4.69, 9.17) is 9.15 Å². The van der Waals surface area contributed by atoms with Crippen molar-refractivity contribution in [1.82, 2.24) is 4.90 Å². The van der Waals surface area contributed by atoms with Crippen LogP contribution < -0.4 is 10.3 Å². The molecule has 1 aliphatic rings. The zero-order valence-corrected chi connectivity index (χ0v) is 17.1. The molecule has 1 N–H and O–H groups in total. The largest absolute Gasteiger partial charge is 0.465 e. The summed E-state index contributed by atoms with van der Waals surface area (Å²) in [7, 11) is 5.33. The molecule has 0 spiro atoms. The fraction of sp³-hybridized carbons (Fsp3) is 0.261. The Labute approximate surface area is 173 Å². The highest BCUT2D eigenvalue weighted by Gasteiger charge is 2.42. The number of ether oxygens (including phenoxy) is 1. The molecule has 7 heteroatoms. The van der Waals surface area contributed by atoms with Gasteiger partial charge in [0.1, 0.15) is 5.58 Å². The molecule has 1 atom stereocenters. The van der Waals surface area contributed by atoms with E-state index in [1.807, 2.05) is 14.1 Å². The van der Waals surface area contributed by atoms with Gasteiger partial charge >= 0.3 is 5.97 Å². The van der Waals surface area contributed by atoms with Gasteiger partial charge in [0.05, 0.1) is 56.8 Å². The number of carbonyl (C=O) groups is 2. The number of para-hydroxylation sites is 1. The highest BCUT2D eigenvalue weighted by atomic mass is 16.5. The first-order chi connectivity index (χ1) is 14.4. The van der Waals surface area contributed by atoms with Gasteiger partial charge in [-0.25, -0.2) is 4.79 Å². The molecule has 1 aliphatic heterocycles. The number of esters is 1. The summed E-state index contributed by atoms with van der Waals surface area (Å²) in [5.41, 5.74) is 1.68. The van der Waals surface area contributed by atoms with Crippen LogP contribution in [0.2, 0.25) is 0 Å². The second kappa shape index (κ2) is 7.76. The van der Waals surface area contributed by atoms with Gasteiger partial charge in [-0.05, 0) is 29.8 Å². The molecular formula is C23H23N2O5+. The van der Waals surface area contributed by atoms with Gasteiger partial charge in [-0.1, -0.05) is 24.3 Å². The minimum Gasteiger partial charge on any atom is -0.465 e. The summed E-state index contributed by atoms with van der Waals surface area (Å²) in [6, 6.07) is 13.2. The molecule has 0 saturated heterocycles. The highest BCUT2D eigenvalue weighted by molar-refractivity contribution is 5.99. The topological polar surface area (TPSA) is 81.3 Å². The van der Waals surface area contributed by atoms with Gasteiger partial charge < -0.3 is 19.0 Å². The van der Waals surface area contributed by atoms with E-state index in [1.165, 1.54) is 12.0 Å². The standard InChI is InChI=1S/C23H22N2O5/c1-24(2)12-13-25-19(14-8-10-15(11-9-14)23(28)29-3)18-20(26)16-6-4-5-7-17(16)30-21(18)22(25)27/h4-11,19H,12-13H2,1-3H3/p+1/t19-/m0/s1. The average Bonchev–Trinajstić information content (AvgIpc) is 3.04. The van der Waals surface area contributed by atoms with Gasteiger partial charge in [0.25, 0.3) is 5.91 Å². The molecule has 30 heavy (non-hydrogen) atoms. The van der Waals surface area contributed by atoms with Crippen LogP contribution in [0, 0.1) is 0 Å². The van der Waals surface area contributed by atoms with Crippen molar-refractivity contribution in [2.75, 3.05) is 34.3 Å². The average molecular weight is 407 g/mol. The van der Waals surface area contributed by atoms with Gasteiger partial charge in [-0.15, -0.1) is 0 Å². The Hall–Kier alpha value is -3.45. The first-order valence-corrected chi connectivity index (χ1v) is 9.76. The summed E-state index contributed by atoms with van der Waals surface area (Å²) in [6.07, 6.45) is 0. The van der Waals surface area contributed by atoms with Crippen molar-refractivity contribution in [3.05, 3.63) is 81.2 Å². The molecule has 1 amide bonds. The molecule has 3 aromatic rings. The number of quaternary nitrogens is 1. The highest BCUT2D eigenvalue weighted by Crippen LogP contribution is 2.37. The van der Waals surface area contributed by atoms with E-state index in [0.29, 0.717) is 35.2 Å². The molecule has 4 rings (SSSR count). The molecule has 2 heterocycles. The maximum absolute atomic E-state index is 13.3. The first-order valence-electron chi connectivity index (χ1n) is 9.76. The summed E-state index contributed by atoms with van der Waals surface area (Å²) in [6.45, 7) is 1.18. The lowest BCUT2D eigenvalue weighted by Crippen LogP contribution is -3.06. The third kappa shape index (κ3) is 3.27. The monoisotopic (exact) mass is 407 g/mol. The first kappa shape index (κ1) is 19.8. The van der Waals surface area contributed by atoms with Gasteiger partial charge in [-0.2, -0.15) is 0 Å². The number of amides is 1. The normalized spacial score (nSPS) is 15.7. The molecule has 7 nitrogen and oxygen atoms in total. The van der Waals surface area contributed by atoms with Crippen molar-refractivity contribution in [3.8, 4) is 0 Å². The van der Waals surface area contributed by atoms with Crippen molar-refractivity contribution in [2.45, 2.75) is 6.04 Å². The number of likely N-dealkylation sites (N-methyl/N-ethyl adjacent to an activating group) is 1. The van der Waals surface area contributed by atoms with E-state index >= 15 is 0 Å². The second-order valence-corrected chi connectivity index (χ2v) is 7.64. The molecule has 0 aliphatic carbocycles. The number of rotatable bonds is 5. The zero-order chi connectivity index (χ0) is 21.4. The van der Waals surface area contributed by atoms with Crippen LogP contribution in [0.15, 0.2) is 57.7 Å². The Kier molecular flexibility index (Phi) is 5.13. The van der Waals surface area contributed by atoms with Gasteiger partial charge in [-0.3, -0.25) is 9.59 Å². The number of methoxy groups -OCH3 is 1. The van der Waals surface area contributed by atoms with Crippen molar-refractivity contribution in [3.63, 3.8) is 0 Å². The Bertz CT molecular complexity index is 1180. The van der Waals surface area contributed by atoms with E-state index in [1.54, 1.807) is 53.4 Å². The van der Waals surface area contributed by atoms with Crippen molar-refractivity contribution >= 4 is 22.8 Å². The summed E-state index contributed by atoms with van der Waals surface area (Å²) in [4.78, 5) is 41.2. The number of nitrogens with one attached hydrogen (secondary N) is 1. The van der Waals surface area contributed by atoms with E-state index < -0.39 is 12.0 Å². The predicted molar refractivity (Wildman–Crippen MR) is 111 cm³/mol. The lowest BCUT2D eigenvalue weighted by atomic mass is 9.97. The lowest BCUT2D eigenvalue weighted by molar-refractivity contribution is -0.857. The summed E-state index contributed by atoms with van der Waals surface area (Å²) in [5, 5.41) is 0.445. The van der Waals surface area contributed by atoms with Gasteiger partial charge in [0.2, 0.25) is 5.76 Å². The summed E-state index contributed by atoms with van der Waals surface area (Å²) < 4.78 is 10.7. The fourth-order valence-corrected chi connectivity index (χ4v) is 3.81. The Balaban J connectivity index is 1.87. The minimum atomic E-state index is -0.570. The molecule has 0 unspecified atom stereocenters. The smallest absolute Gasteiger partial charge is 0.337 e. The van der Waals surface area contributed by atoms with Gasteiger partial charge in [0.15, 0.2) is 5.43 Å². The Morgan fingerprint density at radius 3 is 2.47 bits per heavy atom. The number of carbonyl (C=O) groups excluding carboxylic acids is 2. The van der Waals surface area contributed by atoms with E-state index in [9.17, 15) is 14.4 Å². The molecule has 154 valence electrons. The molecule has 0 fully saturated rings. The molecule has 1 aromatic heterocycles. The van der Waals surface area contributed by atoms with Crippen LogP contribution in [0.4, 0.5) is 0 Å². The zero-order valence-electron chi connectivity index (χ0n) is 17.1. The third-order valence-corrected chi connectivity index (χ3v) is 5.37.